The summed E-state index contributed by atoms with van der Waals surface area (Å²) in [6.07, 6.45) is 1.70. The van der Waals surface area contributed by atoms with E-state index in [0.717, 1.165) is 11.3 Å². The molecule has 2 rings (SSSR count). The number of hydrogen-bond donors (Lipinski definition) is 0. The van der Waals surface area contributed by atoms with Crippen LogP contribution >= 0.6 is 15.9 Å². The van der Waals surface area contributed by atoms with Crippen LogP contribution in [-0.2, 0) is 7.05 Å². The second-order valence-corrected chi connectivity index (χ2v) is 3.31. The number of aryl methyl sites for hydroxylation is 1. The molecule has 68 valence electrons. The normalized spacial score (nSPS) is 10.7. The Kier molecular flexibility index (Phi) is 1.91. The van der Waals surface area contributed by atoms with Crippen LogP contribution in [0.25, 0.3) is 11.5 Å². The smallest absolute Gasteiger partial charge is 0.285 e. The summed E-state index contributed by atoms with van der Waals surface area (Å²) in [5.74, 6) is 0.484. The first-order chi connectivity index (χ1) is 6.18. The molecule has 6 heteroatoms. The Morgan fingerprint density at radius 3 is 2.69 bits per heavy atom. The zero-order chi connectivity index (χ0) is 9.42. The van der Waals surface area contributed by atoms with Gasteiger partial charge in [-0.25, -0.2) is 0 Å². The lowest BCUT2D eigenvalue weighted by Crippen LogP contribution is -1.92. The summed E-state index contributed by atoms with van der Waals surface area (Å²) < 4.78 is 6.96. The van der Waals surface area contributed by atoms with Crippen LogP contribution in [0.2, 0.25) is 0 Å². The van der Waals surface area contributed by atoms with Crippen molar-refractivity contribution in [3.8, 4) is 11.5 Å². The van der Waals surface area contributed by atoms with Gasteiger partial charge in [-0.1, -0.05) is 0 Å². The van der Waals surface area contributed by atoms with E-state index in [0.29, 0.717) is 10.7 Å². The molecule has 2 heterocycles. The summed E-state index contributed by atoms with van der Waals surface area (Å²) in [4.78, 5) is 0.380. The van der Waals surface area contributed by atoms with Gasteiger partial charge >= 0.3 is 0 Å². The van der Waals surface area contributed by atoms with Crippen molar-refractivity contribution >= 4 is 15.9 Å². The molecule has 0 bridgehead atoms. The number of rotatable bonds is 1. The van der Waals surface area contributed by atoms with Crippen molar-refractivity contribution in [2.45, 2.75) is 6.92 Å². The topological polar surface area (TPSA) is 56.7 Å². The van der Waals surface area contributed by atoms with E-state index in [1.807, 2.05) is 14.0 Å². The van der Waals surface area contributed by atoms with Gasteiger partial charge in [-0.2, -0.15) is 5.10 Å². The van der Waals surface area contributed by atoms with Gasteiger partial charge in [0.2, 0.25) is 0 Å². The van der Waals surface area contributed by atoms with E-state index in [4.69, 9.17) is 4.42 Å². The lowest BCUT2D eigenvalue weighted by atomic mass is 10.3. The molecule has 2 aromatic rings. The van der Waals surface area contributed by atoms with Crippen LogP contribution in [0.5, 0.6) is 0 Å². The first-order valence-electron chi connectivity index (χ1n) is 3.66. The SMILES string of the molecule is Cc1c(-c2nnc(Br)o2)cnn1C. The van der Waals surface area contributed by atoms with E-state index in [9.17, 15) is 0 Å². The molecule has 0 aliphatic rings. The van der Waals surface area contributed by atoms with E-state index in [-0.39, 0.29) is 0 Å². The van der Waals surface area contributed by atoms with E-state index >= 15 is 0 Å². The highest BCUT2D eigenvalue weighted by Crippen LogP contribution is 2.22. The van der Waals surface area contributed by atoms with Gasteiger partial charge in [-0.3, -0.25) is 4.68 Å². The quantitative estimate of drug-likeness (QED) is 0.762. The maximum Gasteiger partial charge on any atom is 0.285 e. The van der Waals surface area contributed by atoms with Crippen molar-refractivity contribution in [2.75, 3.05) is 0 Å². The maximum absolute atomic E-state index is 5.20. The van der Waals surface area contributed by atoms with Crippen LogP contribution in [0, 0.1) is 6.92 Å². The minimum absolute atomic E-state index is 0.380. The van der Waals surface area contributed by atoms with Gasteiger partial charge in [-0.05, 0) is 6.92 Å². The van der Waals surface area contributed by atoms with E-state index < -0.39 is 0 Å². The van der Waals surface area contributed by atoms with E-state index in [2.05, 4.69) is 31.2 Å². The Hall–Kier alpha value is -1.17. The maximum atomic E-state index is 5.20. The Bertz CT molecular complexity index is 433. The number of halogens is 1. The fraction of sp³-hybridized carbons (Fsp3) is 0.286. The van der Waals surface area contributed by atoms with Gasteiger partial charge in [0.05, 0.1) is 11.8 Å². The molecule has 0 amide bonds. The van der Waals surface area contributed by atoms with Crippen molar-refractivity contribution < 1.29 is 4.42 Å². The van der Waals surface area contributed by atoms with Crippen LogP contribution in [0.4, 0.5) is 0 Å². The molecule has 0 aromatic carbocycles. The third-order valence-electron chi connectivity index (χ3n) is 1.87. The van der Waals surface area contributed by atoms with Gasteiger partial charge in [-0.15, -0.1) is 10.2 Å². The fourth-order valence-corrected chi connectivity index (χ4v) is 1.26. The number of nitrogens with zero attached hydrogens (tertiary/aromatic N) is 4. The Morgan fingerprint density at radius 2 is 2.23 bits per heavy atom. The predicted molar refractivity (Wildman–Crippen MR) is 48.9 cm³/mol. The average molecular weight is 243 g/mol. The lowest BCUT2D eigenvalue weighted by molar-refractivity contribution is 0.540. The second-order valence-electron chi connectivity index (χ2n) is 2.63. The summed E-state index contributed by atoms with van der Waals surface area (Å²) in [6, 6.07) is 0. The summed E-state index contributed by atoms with van der Waals surface area (Å²) >= 11 is 3.09. The summed E-state index contributed by atoms with van der Waals surface area (Å²) in [5, 5.41) is 11.6. The summed E-state index contributed by atoms with van der Waals surface area (Å²) in [5.41, 5.74) is 1.86. The van der Waals surface area contributed by atoms with Gasteiger partial charge in [0.25, 0.3) is 10.7 Å². The van der Waals surface area contributed by atoms with Gasteiger partial charge in [0.15, 0.2) is 0 Å². The standard InChI is InChI=1S/C7H7BrN4O/c1-4-5(3-9-12(4)2)6-10-11-7(8)13-6/h3H,1-2H3. The van der Waals surface area contributed by atoms with E-state index in [1.165, 1.54) is 0 Å². The number of aromatic nitrogens is 4. The van der Waals surface area contributed by atoms with Crippen LogP contribution in [0.3, 0.4) is 0 Å². The molecule has 5 nitrogen and oxygen atoms in total. The van der Waals surface area contributed by atoms with Crippen molar-refractivity contribution in [1.82, 2.24) is 20.0 Å². The molecule has 0 unspecified atom stereocenters. The molecule has 0 radical (unpaired) electrons. The molecule has 0 N–H and O–H groups in total. The predicted octanol–water partition coefficient (Wildman–Crippen LogP) is 1.54. The molecule has 13 heavy (non-hydrogen) atoms. The Labute approximate surface area is 82.9 Å². The van der Waals surface area contributed by atoms with Gasteiger partial charge < -0.3 is 4.42 Å². The summed E-state index contributed by atoms with van der Waals surface area (Å²) in [6.45, 7) is 1.94. The highest BCUT2D eigenvalue weighted by atomic mass is 79.9. The zero-order valence-corrected chi connectivity index (χ0v) is 8.74. The molecule has 0 aliphatic heterocycles. The lowest BCUT2D eigenvalue weighted by Gasteiger charge is -1.93. The highest BCUT2D eigenvalue weighted by molar-refractivity contribution is 9.10. The molecule has 0 aliphatic carbocycles. The van der Waals surface area contributed by atoms with Crippen molar-refractivity contribution in [1.29, 1.82) is 0 Å². The minimum atomic E-state index is 0.380. The fourth-order valence-electron chi connectivity index (χ4n) is 1.02. The average Bonchev–Trinajstić information content (AvgIpc) is 2.62. The summed E-state index contributed by atoms with van der Waals surface area (Å²) in [7, 11) is 1.87. The third kappa shape index (κ3) is 1.37. The monoisotopic (exact) mass is 242 g/mol. The molecule has 0 saturated heterocycles. The van der Waals surface area contributed by atoms with Crippen molar-refractivity contribution in [3.05, 3.63) is 16.7 Å². The number of hydrogen-bond acceptors (Lipinski definition) is 4. The molecule has 0 saturated carbocycles. The first kappa shape index (κ1) is 8.43. The van der Waals surface area contributed by atoms with Gasteiger partial charge in [0.1, 0.15) is 0 Å². The first-order valence-corrected chi connectivity index (χ1v) is 4.46. The van der Waals surface area contributed by atoms with Crippen LogP contribution < -0.4 is 0 Å². The van der Waals surface area contributed by atoms with Crippen molar-refractivity contribution in [2.24, 2.45) is 7.05 Å². The molecule has 0 fully saturated rings. The zero-order valence-electron chi connectivity index (χ0n) is 7.15. The van der Waals surface area contributed by atoms with Crippen LogP contribution in [0.1, 0.15) is 5.69 Å². The third-order valence-corrected chi connectivity index (χ3v) is 2.19. The second kappa shape index (κ2) is 2.95. The van der Waals surface area contributed by atoms with Crippen molar-refractivity contribution in [3.63, 3.8) is 0 Å². The largest absolute Gasteiger partial charge is 0.411 e. The Morgan fingerprint density at radius 1 is 1.46 bits per heavy atom. The molecular formula is C7H7BrN4O. The molecule has 0 spiro atoms. The van der Waals surface area contributed by atoms with Crippen LogP contribution in [0.15, 0.2) is 15.4 Å². The van der Waals surface area contributed by atoms with Gasteiger partial charge in [0, 0.05) is 28.7 Å². The van der Waals surface area contributed by atoms with Crippen LogP contribution in [-0.4, -0.2) is 20.0 Å². The highest BCUT2D eigenvalue weighted by Gasteiger charge is 2.12. The molecular weight excluding hydrogens is 236 g/mol. The molecule has 0 atom stereocenters. The van der Waals surface area contributed by atoms with E-state index in [1.54, 1.807) is 10.9 Å². The minimum Gasteiger partial charge on any atom is -0.411 e. The Balaban J connectivity index is 2.52. The molecule has 2 aromatic heterocycles.